The topological polar surface area (TPSA) is 334 Å². The fraction of sp³-hybridized carbons (Fsp3) is 0.942. The number of hydrogen-bond donors (Lipinski definition) is 12. The van der Waals surface area contributed by atoms with E-state index in [1.54, 1.807) is 0 Å². The summed E-state index contributed by atoms with van der Waals surface area (Å²) in [5.74, 6) is -0.362. The number of rotatable bonds is 11. The molecule has 4 heterocycles. The molecule has 0 aromatic carbocycles. The second kappa shape index (κ2) is 20.3. The number of carboxylic acid groups (broad SMARTS) is 1. The Hall–Kier alpha value is -1.55. The van der Waals surface area contributed by atoms with Crippen LogP contribution >= 0.6 is 0 Å². The van der Waals surface area contributed by atoms with Crippen molar-refractivity contribution in [3.63, 3.8) is 0 Å². The quantitative estimate of drug-likeness (QED) is 0.0942. The number of aliphatic hydroxyl groups is 11. The number of aliphatic carboxylic acids is 1. The van der Waals surface area contributed by atoms with E-state index < -0.39 is 147 Å². The SMILES string of the molecule is C[C@@H]1O[C@@H](O[C@@H]2CO[C@@H](O[C@H]3CC[C@@]4(C)[C@@H](CC[C@]5(C)[C@@H]4CC=C4[C@@H]6CC(C)(C)CC[C@]6(C(=O)O)CC[C@]45C)[C@]3(C)CO)[C@H](O)[C@H]2O)[C@H](O)[C@H](O)[C@H]1O[C@@H]1OC[C@@H](O)[C@H](O)[C@H]1O[C@@H]1O[C@H](CO)[C@@H](O)[C@H](O)[C@H]1O. The lowest BCUT2D eigenvalue weighted by Gasteiger charge is -2.71. The predicted octanol–water partition coefficient (Wildman–Crippen LogP) is -0.191. The van der Waals surface area contributed by atoms with E-state index >= 15 is 0 Å². The molecule has 9 aliphatic rings. The maximum Gasteiger partial charge on any atom is 0.310 e. The van der Waals surface area contributed by atoms with Crippen molar-refractivity contribution in [1.82, 2.24) is 0 Å². The van der Waals surface area contributed by atoms with Crippen molar-refractivity contribution in [2.75, 3.05) is 26.4 Å². The number of allylic oxidation sites excluding steroid dienone is 2. The van der Waals surface area contributed by atoms with Gasteiger partial charge in [-0.25, -0.2) is 0 Å². The molecule has 0 radical (unpaired) electrons. The van der Waals surface area contributed by atoms with E-state index in [1.165, 1.54) is 12.5 Å². The molecule has 8 fully saturated rings. The minimum absolute atomic E-state index is 0.00245. The maximum absolute atomic E-state index is 13.1. The van der Waals surface area contributed by atoms with Crippen LogP contribution in [0.1, 0.15) is 113 Å². The van der Waals surface area contributed by atoms with Gasteiger partial charge in [-0.05, 0) is 111 Å². The number of ether oxygens (including phenoxy) is 8. The number of carbonyl (C=O) groups is 1. The highest BCUT2D eigenvalue weighted by Crippen LogP contribution is 2.76. The van der Waals surface area contributed by atoms with Crippen molar-refractivity contribution in [3.8, 4) is 0 Å². The van der Waals surface area contributed by atoms with Crippen LogP contribution in [0.25, 0.3) is 0 Å². The van der Waals surface area contributed by atoms with E-state index in [9.17, 15) is 66.1 Å². The largest absolute Gasteiger partial charge is 0.481 e. The Labute approximate surface area is 426 Å². The normalized spacial score (nSPS) is 55.0. The zero-order valence-electron chi connectivity index (χ0n) is 43.2. The van der Waals surface area contributed by atoms with E-state index in [2.05, 4.69) is 40.7 Å². The van der Waals surface area contributed by atoms with Crippen molar-refractivity contribution < 1.29 is 104 Å². The summed E-state index contributed by atoms with van der Waals surface area (Å²) in [6.45, 7) is 13.6. The van der Waals surface area contributed by atoms with Crippen LogP contribution in [-0.2, 0) is 42.7 Å². The third-order valence-corrected chi connectivity index (χ3v) is 20.8. The van der Waals surface area contributed by atoms with E-state index in [4.69, 9.17) is 37.9 Å². The zero-order chi connectivity index (χ0) is 53.1. The van der Waals surface area contributed by atoms with Gasteiger partial charge in [0.1, 0.15) is 79.4 Å². The maximum atomic E-state index is 13.1. The van der Waals surface area contributed by atoms with Crippen molar-refractivity contribution in [2.45, 2.75) is 229 Å². The van der Waals surface area contributed by atoms with Gasteiger partial charge in [0.2, 0.25) is 0 Å². The molecule has 73 heavy (non-hydrogen) atoms. The highest BCUT2D eigenvalue weighted by atomic mass is 16.8. The van der Waals surface area contributed by atoms with Crippen molar-refractivity contribution in [2.24, 2.45) is 50.2 Å². The highest BCUT2D eigenvalue weighted by Gasteiger charge is 2.70. The van der Waals surface area contributed by atoms with Gasteiger partial charge in [-0.2, -0.15) is 0 Å². The Morgan fingerprint density at radius 1 is 0.644 bits per heavy atom. The van der Waals surface area contributed by atoms with E-state index in [-0.39, 0.29) is 52.6 Å². The van der Waals surface area contributed by atoms with E-state index in [0.29, 0.717) is 19.3 Å². The summed E-state index contributed by atoms with van der Waals surface area (Å²) in [6, 6.07) is 0. The Morgan fingerprint density at radius 3 is 1.97 bits per heavy atom. The third-order valence-electron chi connectivity index (χ3n) is 20.8. The average molecular weight is 1050 g/mol. The molecule has 0 aromatic rings. The summed E-state index contributed by atoms with van der Waals surface area (Å²) >= 11 is 0. The molecule has 12 N–H and O–H groups in total. The fourth-order valence-corrected chi connectivity index (χ4v) is 16.0. The molecule has 21 heteroatoms. The second-order valence-electron chi connectivity index (χ2n) is 25.2. The van der Waals surface area contributed by atoms with Gasteiger partial charge in [-0.15, -0.1) is 0 Å². The first-order chi connectivity index (χ1) is 34.2. The number of aliphatic hydroxyl groups excluding tert-OH is 11. The molecule has 4 aliphatic heterocycles. The monoisotopic (exact) mass is 1040 g/mol. The Bertz CT molecular complexity index is 2010. The zero-order valence-corrected chi connectivity index (χ0v) is 43.2. The van der Waals surface area contributed by atoms with Gasteiger partial charge in [-0.3, -0.25) is 4.79 Å². The molecule has 0 bridgehead atoms. The summed E-state index contributed by atoms with van der Waals surface area (Å²) in [4.78, 5) is 13.1. The first-order valence-corrected chi connectivity index (χ1v) is 26.7. The number of carboxylic acids is 1. The van der Waals surface area contributed by atoms with Crippen LogP contribution in [-0.4, -0.2) is 210 Å². The minimum Gasteiger partial charge on any atom is -0.481 e. The van der Waals surface area contributed by atoms with Crippen molar-refractivity contribution >= 4 is 5.97 Å². The van der Waals surface area contributed by atoms with Gasteiger partial charge >= 0.3 is 5.97 Å². The van der Waals surface area contributed by atoms with E-state index in [1.807, 2.05) is 6.92 Å². The van der Waals surface area contributed by atoms with Crippen LogP contribution in [0.3, 0.4) is 0 Å². The third kappa shape index (κ3) is 9.10. The molecular formula is C52H84O21. The lowest BCUT2D eigenvalue weighted by Crippen LogP contribution is -2.67. The summed E-state index contributed by atoms with van der Waals surface area (Å²) in [5, 5.41) is 130. The van der Waals surface area contributed by atoms with Gasteiger partial charge < -0.3 is 99.2 Å². The van der Waals surface area contributed by atoms with Gasteiger partial charge in [0.05, 0.1) is 44.1 Å². The highest BCUT2D eigenvalue weighted by molar-refractivity contribution is 5.76. The molecule has 5 aliphatic carbocycles. The molecule has 418 valence electrons. The van der Waals surface area contributed by atoms with Gasteiger partial charge in [-0.1, -0.05) is 53.2 Å². The van der Waals surface area contributed by atoms with Crippen LogP contribution < -0.4 is 0 Å². The van der Waals surface area contributed by atoms with Crippen molar-refractivity contribution in [1.29, 1.82) is 0 Å². The van der Waals surface area contributed by atoms with Crippen LogP contribution in [0.15, 0.2) is 11.6 Å². The molecule has 4 saturated heterocycles. The van der Waals surface area contributed by atoms with E-state index in [0.717, 1.165) is 44.9 Å². The summed E-state index contributed by atoms with van der Waals surface area (Å²) in [5.41, 5.74) is -0.554. The Morgan fingerprint density at radius 2 is 1.29 bits per heavy atom. The Balaban J connectivity index is 0.830. The van der Waals surface area contributed by atoms with Crippen LogP contribution in [0, 0.1) is 50.2 Å². The minimum atomic E-state index is -1.87. The second-order valence-corrected chi connectivity index (χ2v) is 25.2. The predicted molar refractivity (Wildman–Crippen MR) is 251 cm³/mol. The van der Waals surface area contributed by atoms with Gasteiger partial charge in [0, 0.05) is 5.41 Å². The number of fused-ring (bicyclic) bond motifs is 7. The molecule has 0 spiro atoms. The fourth-order valence-electron chi connectivity index (χ4n) is 16.0. The lowest BCUT2D eigenvalue weighted by molar-refractivity contribution is -0.383. The lowest BCUT2D eigenvalue weighted by atomic mass is 9.33. The van der Waals surface area contributed by atoms with Crippen LogP contribution in [0.4, 0.5) is 0 Å². The molecular weight excluding hydrogens is 961 g/mol. The van der Waals surface area contributed by atoms with Crippen LogP contribution in [0.2, 0.25) is 0 Å². The van der Waals surface area contributed by atoms with Gasteiger partial charge in [0.15, 0.2) is 25.2 Å². The standard InChI is InChI=1S/C52H84O21/c1-23-40(72-45-41(32(56)26(55)20-66-45)73-44-38(62)35(59)33(57)27(19-53)69-44)36(60)39(63)43(68-23)70-28-21-67-42(37(61)34(28)58)71-31-11-12-48(4)29(49(31,5)22-54)10-13-51(7)30(48)9-8-24-25-18-47(2,3)14-16-52(25,46(64)65)17-15-50(24,51)6/h8,23,25-45,53-63H,9-22H2,1-7H3,(H,64,65)/t23-,25-,26+,27+,28+,29+,30+,31-,32-,33+,34-,35-,36-,37+,38+,39+,40-,41+,42-,43-,44-,45-,48-,49-,50+,51+,52-/m0/s1. The summed E-state index contributed by atoms with van der Waals surface area (Å²) < 4.78 is 47.3. The summed E-state index contributed by atoms with van der Waals surface area (Å²) in [7, 11) is 0. The molecule has 4 saturated carbocycles. The Kier molecular flexibility index (Phi) is 15.6. The molecule has 9 rings (SSSR count). The smallest absolute Gasteiger partial charge is 0.310 e. The molecule has 0 aromatic heterocycles. The molecule has 0 amide bonds. The molecule has 0 unspecified atom stereocenters. The number of hydrogen-bond acceptors (Lipinski definition) is 20. The van der Waals surface area contributed by atoms with Crippen molar-refractivity contribution in [3.05, 3.63) is 11.6 Å². The first-order valence-electron chi connectivity index (χ1n) is 26.7. The summed E-state index contributed by atoms with van der Waals surface area (Å²) in [6.07, 6.45) is -18.7. The van der Waals surface area contributed by atoms with Gasteiger partial charge in [0.25, 0.3) is 0 Å². The molecule has 21 nitrogen and oxygen atoms in total. The first kappa shape index (κ1) is 56.2. The van der Waals surface area contributed by atoms with Crippen LogP contribution in [0.5, 0.6) is 0 Å². The average Bonchev–Trinajstić information content (AvgIpc) is 3.34. The molecule has 27 atom stereocenters.